The van der Waals surface area contributed by atoms with E-state index in [-0.39, 0.29) is 11.9 Å². The molecule has 1 atom stereocenters. The van der Waals surface area contributed by atoms with Gasteiger partial charge in [-0.3, -0.25) is 9.69 Å². The van der Waals surface area contributed by atoms with E-state index in [2.05, 4.69) is 4.98 Å². The highest BCUT2D eigenvalue weighted by Gasteiger charge is 2.30. The van der Waals surface area contributed by atoms with Crippen LogP contribution in [0.25, 0.3) is 0 Å². The van der Waals surface area contributed by atoms with Gasteiger partial charge in [-0.05, 0) is 19.8 Å². The van der Waals surface area contributed by atoms with Gasteiger partial charge < -0.3 is 0 Å². The summed E-state index contributed by atoms with van der Waals surface area (Å²) in [7, 11) is 0. The van der Waals surface area contributed by atoms with Crippen LogP contribution in [0.15, 0.2) is 11.6 Å². The quantitative estimate of drug-likeness (QED) is 0.790. The molecule has 5 heteroatoms. The van der Waals surface area contributed by atoms with Crippen molar-refractivity contribution in [2.75, 3.05) is 4.90 Å². The highest BCUT2D eigenvalue weighted by atomic mass is 35.5. The molecule has 0 spiro atoms. The highest BCUT2D eigenvalue weighted by Crippen LogP contribution is 2.29. The summed E-state index contributed by atoms with van der Waals surface area (Å²) in [5, 5.41) is 2.20. The summed E-state index contributed by atoms with van der Waals surface area (Å²) >= 11 is 7.45. The minimum Gasteiger partial charge on any atom is -0.284 e. The average molecular weight is 273 g/mol. The summed E-state index contributed by atoms with van der Waals surface area (Å²) in [5.41, 5.74) is 0. The number of amides is 1. The molecule has 1 saturated carbocycles. The number of hydrogen-bond donors (Lipinski definition) is 0. The summed E-state index contributed by atoms with van der Waals surface area (Å²) < 4.78 is 0. The van der Waals surface area contributed by atoms with Gasteiger partial charge in [0.05, 0.1) is 0 Å². The number of rotatable bonds is 3. The van der Waals surface area contributed by atoms with Crippen molar-refractivity contribution in [2.24, 2.45) is 0 Å². The Bertz CT molecular complexity index is 361. The van der Waals surface area contributed by atoms with Crippen molar-refractivity contribution in [3.63, 3.8) is 0 Å². The van der Waals surface area contributed by atoms with Crippen molar-refractivity contribution in [3.8, 4) is 0 Å². The van der Waals surface area contributed by atoms with Crippen molar-refractivity contribution < 1.29 is 4.79 Å². The third-order valence-corrected chi connectivity index (χ3v) is 4.10. The average Bonchev–Trinajstić information content (AvgIpc) is 2.84. The molecule has 1 aromatic heterocycles. The predicted octanol–water partition coefficient (Wildman–Crippen LogP) is 3.44. The second kappa shape index (κ2) is 5.83. The zero-order chi connectivity index (χ0) is 12.3. The Kier molecular flexibility index (Phi) is 4.40. The van der Waals surface area contributed by atoms with Gasteiger partial charge in [-0.15, -0.1) is 22.9 Å². The maximum Gasteiger partial charge on any atom is 0.246 e. The monoisotopic (exact) mass is 272 g/mol. The van der Waals surface area contributed by atoms with Crippen LogP contribution in [-0.4, -0.2) is 22.3 Å². The zero-order valence-electron chi connectivity index (χ0n) is 9.93. The lowest BCUT2D eigenvalue weighted by Gasteiger charge is -2.33. The number of hydrogen-bond acceptors (Lipinski definition) is 3. The smallest absolute Gasteiger partial charge is 0.246 e. The number of alkyl halides is 1. The lowest BCUT2D eigenvalue weighted by atomic mass is 9.94. The van der Waals surface area contributed by atoms with E-state index >= 15 is 0 Å². The van der Waals surface area contributed by atoms with E-state index in [1.807, 2.05) is 10.3 Å². The Balaban J connectivity index is 2.20. The number of anilines is 1. The minimum atomic E-state index is -0.485. The van der Waals surface area contributed by atoms with Crippen molar-refractivity contribution in [1.29, 1.82) is 0 Å². The predicted molar refractivity (Wildman–Crippen MR) is 71.8 cm³/mol. The molecule has 1 aliphatic carbocycles. The molecule has 1 amide bonds. The van der Waals surface area contributed by atoms with Crippen LogP contribution in [0, 0.1) is 0 Å². The van der Waals surface area contributed by atoms with Crippen LogP contribution in [0.5, 0.6) is 0 Å². The summed E-state index contributed by atoms with van der Waals surface area (Å²) in [6, 6.07) is 0.281. The molecule has 1 aliphatic rings. The molecular weight excluding hydrogens is 256 g/mol. The number of thiazole rings is 1. The standard InChI is InChI=1S/C12H17ClN2OS/c1-9(13)11(16)15(12-14-7-8-17-12)10-5-3-2-4-6-10/h7-10H,2-6H2,1H3/t9-/m1/s1. The van der Waals surface area contributed by atoms with Gasteiger partial charge in [-0.1, -0.05) is 19.3 Å². The first kappa shape index (κ1) is 12.8. The summed E-state index contributed by atoms with van der Waals surface area (Å²) in [6.45, 7) is 1.73. The summed E-state index contributed by atoms with van der Waals surface area (Å²) in [5.74, 6) is -0.0199. The van der Waals surface area contributed by atoms with Gasteiger partial charge in [0.15, 0.2) is 5.13 Å². The number of carbonyl (C=O) groups excluding carboxylic acids is 1. The van der Waals surface area contributed by atoms with Crippen LogP contribution in [0.3, 0.4) is 0 Å². The van der Waals surface area contributed by atoms with E-state index in [1.165, 1.54) is 30.6 Å². The molecule has 2 rings (SSSR count). The largest absolute Gasteiger partial charge is 0.284 e. The molecule has 1 heterocycles. The van der Waals surface area contributed by atoms with Gasteiger partial charge in [0.1, 0.15) is 5.38 Å². The van der Waals surface area contributed by atoms with Crippen LogP contribution < -0.4 is 4.90 Å². The Morgan fingerprint density at radius 1 is 1.53 bits per heavy atom. The Morgan fingerprint density at radius 2 is 2.24 bits per heavy atom. The minimum absolute atomic E-state index is 0.0199. The molecule has 0 aromatic carbocycles. The molecular formula is C12H17ClN2OS. The fourth-order valence-electron chi connectivity index (χ4n) is 2.30. The van der Waals surface area contributed by atoms with E-state index in [9.17, 15) is 4.79 Å². The first-order valence-corrected chi connectivity index (χ1v) is 7.38. The van der Waals surface area contributed by atoms with Crippen molar-refractivity contribution in [3.05, 3.63) is 11.6 Å². The Hall–Kier alpha value is -0.610. The SMILES string of the molecule is C[C@@H](Cl)C(=O)N(c1nccs1)C1CCCCC1. The molecule has 1 fully saturated rings. The maximum absolute atomic E-state index is 12.2. The van der Waals surface area contributed by atoms with Crippen molar-refractivity contribution in [2.45, 2.75) is 50.4 Å². The first-order valence-electron chi connectivity index (χ1n) is 6.07. The molecule has 0 N–H and O–H groups in total. The molecule has 0 saturated heterocycles. The van der Waals surface area contributed by atoms with Crippen molar-refractivity contribution in [1.82, 2.24) is 4.98 Å². The summed E-state index contributed by atoms with van der Waals surface area (Å²) in [4.78, 5) is 18.3. The highest BCUT2D eigenvalue weighted by molar-refractivity contribution is 7.13. The van der Waals surface area contributed by atoms with Crippen molar-refractivity contribution >= 4 is 34.0 Å². The lowest BCUT2D eigenvalue weighted by Crippen LogP contribution is -2.44. The molecule has 0 aliphatic heterocycles. The molecule has 1 aromatic rings. The second-order valence-electron chi connectivity index (χ2n) is 4.43. The molecule has 0 unspecified atom stereocenters. The Labute approximate surface area is 111 Å². The summed E-state index contributed by atoms with van der Waals surface area (Å²) in [6.07, 6.45) is 7.52. The van der Waals surface area contributed by atoms with Gasteiger partial charge >= 0.3 is 0 Å². The maximum atomic E-state index is 12.2. The molecule has 17 heavy (non-hydrogen) atoms. The van der Waals surface area contributed by atoms with Gasteiger partial charge in [-0.2, -0.15) is 0 Å². The van der Waals surface area contributed by atoms with E-state index in [0.717, 1.165) is 18.0 Å². The fourth-order valence-corrected chi connectivity index (χ4v) is 3.12. The molecule has 0 bridgehead atoms. The number of halogens is 1. The molecule has 94 valence electrons. The first-order chi connectivity index (χ1) is 8.20. The molecule has 0 radical (unpaired) electrons. The Morgan fingerprint density at radius 3 is 2.76 bits per heavy atom. The fraction of sp³-hybridized carbons (Fsp3) is 0.667. The van der Waals surface area contributed by atoms with E-state index in [4.69, 9.17) is 11.6 Å². The van der Waals surface area contributed by atoms with E-state index in [0.29, 0.717) is 0 Å². The zero-order valence-corrected chi connectivity index (χ0v) is 11.5. The topological polar surface area (TPSA) is 33.2 Å². The molecule has 3 nitrogen and oxygen atoms in total. The van der Waals surface area contributed by atoms with Crippen LogP contribution in [0.2, 0.25) is 0 Å². The van der Waals surface area contributed by atoms with E-state index in [1.54, 1.807) is 13.1 Å². The lowest BCUT2D eigenvalue weighted by molar-refractivity contribution is -0.118. The van der Waals surface area contributed by atoms with Crippen LogP contribution in [0.4, 0.5) is 5.13 Å². The van der Waals surface area contributed by atoms with Crippen LogP contribution in [-0.2, 0) is 4.79 Å². The number of nitrogens with zero attached hydrogens (tertiary/aromatic N) is 2. The second-order valence-corrected chi connectivity index (χ2v) is 5.96. The van der Waals surface area contributed by atoms with E-state index < -0.39 is 5.38 Å². The van der Waals surface area contributed by atoms with Gasteiger partial charge in [0, 0.05) is 17.6 Å². The third-order valence-electron chi connectivity index (χ3n) is 3.14. The van der Waals surface area contributed by atoms with Crippen LogP contribution >= 0.6 is 22.9 Å². The third kappa shape index (κ3) is 2.99. The van der Waals surface area contributed by atoms with Gasteiger partial charge in [-0.25, -0.2) is 4.98 Å². The van der Waals surface area contributed by atoms with Crippen LogP contribution in [0.1, 0.15) is 39.0 Å². The normalized spacial score (nSPS) is 18.9. The van der Waals surface area contributed by atoms with Gasteiger partial charge in [0.2, 0.25) is 5.91 Å². The number of aromatic nitrogens is 1. The van der Waals surface area contributed by atoms with Gasteiger partial charge in [0.25, 0.3) is 0 Å². The number of carbonyl (C=O) groups is 1.